The third-order valence-corrected chi connectivity index (χ3v) is 4.01. The monoisotopic (exact) mass is 259 g/mol. The number of amides is 1. The molecule has 0 fully saturated rings. The van der Waals surface area contributed by atoms with Crippen LogP contribution in [0.1, 0.15) is 37.6 Å². The van der Waals surface area contributed by atoms with Gasteiger partial charge in [-0.1, -0.05) is 6.92 Å². The quantitative estimate of drug-likeness (QED) is 0.832. The average Bonchev–Trinajstić information content (AvgIpc) is 2.79. The van der Waals surface area contributed by atoms with Gasteiger partial charge in [-0.25, -0.2) is 0 Å². The van der Waals surface area contributed by atoms with Gasteiger partial charge in [0.25, 0.3) is 5.91 Å². The van der Waals surface area contributed by atoms with Crippen LogP contribution in [-0.4, -0.2) is 28.4 Å². The summed E-state index contributed by atoms with van der Waals surface area (Å²) in [6.07, 6.45) is 2.66. The second kappa shape index (κ2) is 4.61. The summed E-state index contributed by atoms with van der Waals surface area (Å²) in [5.41, 5.74) is 7.90. The Balaban J connectivity index is 2.45. The van der Waals surface area contributed by atoms with Crippen molar-refractivity contribution in [1.82, 2.24) is 9.88 Å². The number of carbonyl (C=O) groups is 1. The molecule has 19 heavy (non-hydrogen) atoms. The predicted molar refractivity (Wildman–Crippen MR) is 79.2 cm³/mol. The zero-order valence-electron chi connectivity index (χ0n) is 11.9. The van der Waals surface area contributed by atoms with Crippen LogP contribution >= 0.6 is 0 Å². The molecule has 0 atom stereocenters. The number of carbonyl (C=O) groups excluding carboxylic acids is 1. The fourth-order valence-corrected chi connectivity index (χ4v) is 2.01. The number of benzene rings is 1. The van der Waals surface area contributed by atoms with E-state index in [9.17, 15) is 4.79 Å². The molecule has 2 rings (SSSR count). The van der Waals surface area contributed by atoms with Gasteiger partial charge in [0.2, 0.25) is 0 Å². The maximum absolute atomic E-state index is 12.6. The second-order valence-electron chi connectivity index (χ2n) is 5.54. The van der Waals surface area contributed by atoms with Crippen molar-refractivity contribution in [2.24, 2.45) is 0 Å². The van der Waals surface area contributed by atoms with Gasteiger partial charge in [0.05, 0.1) is 5.56 Å². The molecule has 0 unspecified atom stereocenters. The number of nitrogens with one attached hydrogen (secondary N) is 1. The van der Waals surface area contributed by atoms with E-state index >= 15 is 0 Å². The largest absolute Gasteiger partial charge is 0.399 e. The van der Waals surface area contributed by atoms with Crippen LogP contribution < -0.4 is 5.73 Å². The van der Waals surface area contributed by atoms with E-state index in [2.05, 4.69) is 25.8 Å². The molecule has 0 aliphatic rings. The molecule has 0 saturated heterocycles. The minimum atomic E-state index is -0.166. The Morgan fingerprint density at radius 1 is 1.42 bits per heavy atom. The Morgan fingerprint density at radius 2 is 2.11 bits per heavy atom. The zero-order valence-corrected chi connectivity index (χ0v) is 11.9. The van der Waals surface area contributed by atoms with Crippen LogP contribution in [0.25, 0.3) is 10.9 Å². The smallest absolute Gasteiger partial charge is 0.256 e. The molecule has 0 bridgehead atoms. The van der Waals surface area contributed by atoms with Gasteiger partial charge in [-0.2, -0.15) is 0 Å². The first kappa shape index (κ1) is 13.5. The van der Waals surface area contributed by atoms with Crippen LogP contribution in [0.4, 0.5) is 5.69 Å². The van der Waals surface area contributed by atoms with Gasteiger partial charge in [-0.3, -0.25) is 4.79 Å². The molecule has 0 aliphatic heterocycles. The third-order valence-electron chi connectivity index (χ3n) is 4.01. The number of hydrogen-bond acceptors (Lipinski definition) is 2. The summed E-state index contributed by atoms with van der Waals surface area (Å²) in [7, 11) is 1.84. The molecular formula is C15H21N3O. The van der Waals surface area contributed by atoms with Crippen LogP contribution in [0.2, 0.25) is 0 Å². The zero-order chi connectivity index (χ0) is 14.2. The number of nitrogen functional groups attached to an aromatic ring is 1. The normalized spacial score (nSPS) is 11.8. The molecule has 0 radical (unpaired) electrons. The lowest BCUT2D eigenvalue weighted by molar-refractivity contribution is 0.0622. The fraction of sp³-hybridized carbons (Fsp3) is 0.400. The van der Waals surface area contributed by atoms with E-state index in [0.29, 0.717) is 11.3 Å². The van der Waals surface area contributed by atoms with Crippen LogP contribution in [0.3, 0.4) is 0 Å². The van der Waals surface area contributed by atoms with E-state index < -0.39 is 0 Å². The summed E-state index contributed by atoms with van der Waals surface area (Å²) in [4.78, 5) is 17.5. The minimum Gasteiger partial charge on any atom is -0.399 e. The maximum Gasteiger partial charge on any atom is 0.256 e. The van der Waals surface area contributed by atoms with Crippen molar-refractivity contribution in [1.29, 1.82) is 0 Å². The highest BCUT2D eigenvalue weighted by Crippen LogP contribution is 2.25. The highest BCUT2D eigenvalue weighted by atomic mass is 16.2. The molecule has 1 aromatic heterocycles. The Kier molecular flexibility index (Phi) is 3.27. The van der Waals surface area contributed by atoms with Gasteiger partial charge in [0, 0.05) is 35.4 Å². The number of fused-ring (bicyclic) bond motifs is 1. The van der Waals surface area contributed by atoms with E-state index in [1.807, 2.05) is 25.2 Å². The first-order chi connectivity index (χ1) is 8.86. The summed E-state index contributed by atoms with van der Waals surface area (Å²) in [6, 6.07) is 5.56. The summed E-state index contributed by atoms with van der Waals surface area (Å²) in [5, 5.41) is 0.878. The maximum atomic E-state index is 12.6. The standard InChI is InChI=1S/C15H21N3O/c1-5-15(2,3)18(4)14(19)12-9-17-13-7-6-10(16)8-11(12)13/h6-9,17H,5,16H2,1-4H3. The van der Waals surface area contributed by atoms with Gasteiger partial charge >= 0.3 is 0 Å². The van der Waals surface area contributed by atoms with Crippen molar-refractivity contribution in [3.63, 3.8) is 0 Å². The fourth-order valence-electron chi connectivity index (χ4n) is 2.01. The molecule has 1 aromatic carbocycles. The number of nitrogens with two attached hydrogens (primary N) is 1. The van der Waals surface area contributed by atoms with Crippen LogP contribution in [0.5, 0.6) is 0 Å². The summed E-state index contributed by atoms with van der Waals surface area (Å²) in [6.45, 7) is 6.21. The molecule has 3 N–H and O–H groups in total. The molecule has 1 heterocycles. The second-order valence-corrected chi connectivity index (χ2v) is 5.54. The number of hydrogen-bond donors (Lipinski definition) is 2. The number of nitrogens with zero attached hydrogens (tertiary/aromatic N) is 1. The summed E-state index contributed by atoms with van der Waals surface area (Å²) >= 11 is 0. The van der Waals surface area contributed by atoms with Crippen LogP contribution in [0.15, 0.2) is 24.4 Å². The number of H-pyrrole nitrogens is 1. The van der Waals surface area contributed by atoms with Crippen molar-refractivity contribution < 1.29 is 4.79 Å². The third kappa shape index (κ3) is 2.30. The molecule has 0 spiro atoms. The van der Waals surface area contributed by atoms with E-state index in [1.54, 1.807) is 11.1 Å². The van der Waals surface area contributed by atoms with Crippen molar-refractivity contribution in [2.75, 3.05) is 12.8 Å². The first-order valence-electron chi connectivity index (χ1n) is 6.51. The van der Waals surface area contributed by atoms with E-state index in [-0.39, 0.29) is 11.4 Å². The number of aromatic nitrogens is 1. The molecule has 2 aromatic rings. The van der Waals surface area contributed by atoms with E-state index in [1.165, 1.54) is 0 Å². The van der Waals surface area contributed by atoms with Gasteiger partial charge in [-0.05, 0) is 38.5 Å². The SMILES string of the molecule is CCC(C)(C)N(C)C(=O)c1c[nH]c2ccc(N)cc12. The lowest BCUT2D eigenvalue weighted by Gasteiger charge is -2.34. The van der Waals surface area contributed by atoms with Gasteiger partial charge in [-0.15, -0.1) is 0 Å². The van der Waals surface area contributed by atoms with Crippen molar-refractivity contribution >= 4 is 22.5 Å². The topological polar surface area (TPSA) is 62.1 Å². The highest BCUT2D eigenvalue weighted by molar-refractivity contribution is 6.07. The van der Waals surface area contributed by atoms with Crippen LogP contribution in [-0.2, 0) is 0 Å². The molecule has 0 aliphatic carbocycles. The van der Waals surface area contributed by atoms with Crippen molar-refractivity contribution in [3.05, 3.63) is 30.0 Å². The summed E-state index contributed by atoms with van der Waals surface area (Å²) in [5.74, 6) is 0.0173. The lowest BCUT2D eigenvalue weighted by atomic mass is 9.98. The van der Waals surface area contributed by atoms with Gasteiger partial charge < -0.3 is 15.6 Å². The van der Waals surface area contributed by atoms with E-state index in [0.717, 1.165) is 17.3 Å². The first-order valence-corrected chi connectivity index (χ1v) is 6.51. The number of aromatic amines is 1. The van der Waals surface area contributed by atoms with E-state index in [4.69, 9.17) is 5.73 Å². The van der Waals surface area contributed by atoms with Crippen molar-refractivity contribution in [3.8, 4) is 0 Å². The Morgan fingerprint density at radius 3 is 2.74 bits per heavy atom. The predicted octanol–water partition coefficient (Wildman–Crippen LogP) is 3.01. The summed E-state index contributed by atoms with van der Waals surface area (Å²) < 4.78 is 0. The minimum absolute atomic E-state index is 0.0173. The number of rotatable bonds is 3. The van der Waals surface area contributed by atoms with Gasteiger partial charge in [0.1, 0.15) is 0 Å². The molecule has 0 saturated carbocycles. The van der Waals surface area contributed by atoms with Crippen molar-refractivity contribution in [2.45, 2.75) is 32.7 Å². The highest BCUT2D eigenvalue weighted by Gasteiger charge is 2.27. The van der Waals surface area contributed by atoms with Gasteiger partial charge in [0.15, 0.2) is 0 Å². The molecule has 4 heteroatoms. The van der Waals surface area contributed by atoms with Crippen LogP contribution in [0, 0.1) is 0 Å². The molecule has 4 nitrogen and oxygen atoms in total. The average molecular weight is 259 g/mol. The lowest BCUT2D eigenvalue weighted by Crippen LogP contribution is -2.44. The molecule has 1 amide bonds. The Bertz CT molecular complexity index is 613. The Labute approximate surface area is 113 Å². The molecule has 102 valence electrons. The number of anilines is 1. The molecular weight excluding hydrogens is 238 g/mol. The Hall–Kier alpha value is -1.97.